The van der Waals surface area contributed by atoms with E-state index >= 15 is 0 Å². The van der Waals surface area contributed by atoms with Gasteiger partial charge in [-0.3, -0.25) is 0 Å². The third kappa shape index (κ3) is 4.96. The average molecular weight is 287 g/mol. The van der Waals surface area contributed by atoms with Crippen molar-refractivity contribution in [3.05, 3.63) is 23.2 Å². The first kappa shape index (κ1) is 15.6. The minimum absolute atomic E-state index is 0.118. The molecule has 1 rings (SSSR count). The molecule has 0 aromatic heterocycles. The van der Waals surface area contributed by atoms with Gasteiger partial charge in [0.25, 0.3) is 0 Å². The summed E-state index contributed by atoms with van der Waals surface area (Å²) in [6.07, 6.45) is 0.654. The number of hydrogen-bond acceptors (Lipinski definition) is 3. The summed E-state index contributed by atoms with van der Waals surface area (Å²) >= 11 is 5.96. The van der Waals surface area contributed by atoms with Crippen molar-refractivity contribution < 1.29 is 14.6 Å². The summed E-state index contributed by atoms with van der Waals surface area (Å²) in [6, 6.07) is 4.80. The Balaban J connectivity index is 2.55. The second kappa shape index (κ2) is 7.86. The van der Waals surface area contributed by atoms with Crippen LogP contribution in [0.4, 0.5) is 10.5 Å². The molecule has 0 aliphatic carbocycles. The number of para-hydroxylation sites is 1. The third-order valence-corrected chi connectivity index (χ3v) is 2.95. The number of rotatable bonds is 6. The number of nitrogens with one attached hydrogen (secondary N) is 2. The second-order valence-electron chi connectivity index (χ2n) is 4.27. The molecule has 0 saturated heterocycles. The van der Waals surface area contributed by atoms with E-state index in [9.17, 15) is 4.79 Å². The molecule has 0 spiro atoms. The molecular formula is C13H19ClN2O3. The van der Waals surface area contributed by atoms with Gasteiger partial charge in [-0.25, -0.2) is 4.79 Å². The Morgan fingerprint density at radius 1 is 1.53 bits per heavy atom. The van der Waals surface area contributed by atoms with Crippen molar-refractivity contribution in [3.63, 3.8) is 0 Å². The zero-order chi connectivity index (χ0) is 14.3. The van der Waals surface area contributed by atoms with Gasteiger partial charge in [-0.15, -0.1) is 0 Å². The molecule has 106 valence electrons. The largest absolute Gasteiger partial charge is 0.493 e. The van der Waals surface area contributed by atoms with Crippen LogP contribution in [0.2, 0.25) is 5.02 Å². The van der Waals surface area contributed by atoms with E-state index in [-0.39, 0.29) is 18.6 Å². The van der Waals surface area contributed by atoms with Crippen LogP contribution in [0.1, 0.15) is 13.3 Å². The summed E-state index contributed by atoms with van der Waals surface area (Å²) in [5.41, 5.74) is 0.516. The highest BCUT2D eigenvalue weighted by Crippen LogP contribution is 2.32. The molecule has 0 saturated carbocycles. The molecule has 0 aliphatic heterocycles. The maximum absolute atomic E-state index is 11.7. The van der Waals surface area contributed by atoms with Gasteiger partial charge in [0.1, 0.15) is 0 Å². The molecule has 0 fully saturated rings. The van der Waals surface area contributed by atoms with Crippen LogP contribution in [0.25, 0.3) is 0 Å². The van der Waals surface area contributed by atoms with Crippen LogP contribution in [0.5, 0.6) is 5.75 Å². The summed E-state index contributed by atoms with van der Waals surface area (Å²) in [7, 11) is 1.49. The Morgan fingerprint density at radius 2 is 2.26 bits per heavy atom. The lowest BCUT2D eigenvalue weighted by Gasteiger charge is -2.14. The Kier molecular flexibility index (Phi) is 6.45. The fraction of sp³-hybridized carbons (Fsp3) is 0.462. The van der Waals surface area contributed by atoms with E-state index in [0.717, 1.165) is 0 Å². The molecule has 1 unspecified atom stereocenters. The number of amides is 2. The lowest BCUT2D eigenvalue weighted by atomic mass is 10.1. The number of hydrogen-bond donors (Lipinski definition) is 3. The summed E-state index contributed by atoms with van der Waals surface area (Å²) in [4.78, 5) is 11.7. The Labute approximate surface area is 117 Å². The third-order valence-electron chi connectivity index (χ3n) is 2.65. The van der Waals surface area contributed by atoms with Crippen LogP contribution in [0.15, 0.2) is 18.2 Å². The first-order chi connectivity index (χ1) is 9.08. The number of ether oxygens (including phenoxy) is 1. The Hall–Kier alpha value is -1.46. The van der Waals surface area contributed by atoms with Gasteiger partial charge >= 0.3 is 6.03 Å². The molecule has 1 aromatic carbocycles. The molecule has 3 N–H and O–H groups in total. The fourth-order valence-corrected chi connectivity index (χ4v) is 1.82. The lowest BCUT2D eigenvalue weighted by molar-refractivity contribution is 0.243. The van der Waals surface area contributed by atoms with Crippen LogP contribution < -0.4 is 15.4 Å². The quantitative estimate of drug-likeness (QED) is 0.752. The zero-order valence-corrected chi connectivity index (χ0v) is 11.8. The average Bonchev–Trinajstić information content (AvgIpc) is 2.37. The Bertz CT molecular complexity index is 426. The van der Waals surface area contributed by atoms with Crippen LogP contribution in [-0.2, 0) is 0 Å². The molecule has 2 amide bonds. The highest BCUT2D eigenvalue weighted by atomic mass is 35.5. The second-order valence-corrected chi connectivity index (χ2v) is 4.68. The summed E-state index contributed by atoms with van der Waals surface area (Å²) in [5, 5.41) is 14.6. The van der Waals surface area contributed by atoms with Crippen molar-refractivity contribution >= 4 is 23.3 Å². The van der Waals surface area contributed by atoms with Gasteiger partial charge in [0, 0.05) is 13.2 Å². The smallest absolute Gasteiger partial charge is 0.319 e. The van der Waals surface area contributed by atoms with E-state index in [1.807, 2.05) is 6.92 Å². The SMILES string of the molecule is COc1c(Cl)cccc1NC(=O)NCC(C)CCO. The number of aliphatic hydroxyl groups is 1. The number of anilines is 1. The molecular weight excluding hydrogens is 268 g/mol. The van der Waals surface area contributed by atoms with Crippen LogP contribution in [-0.4, -0.2) is 31.4 Å². The van der Waals surface area contributed by atoms with Crippen LogP contribution in [0.3, 0.4) is 0 Å². The molecule has 0 bridgehead atoms. The van der Waals surface area contributed by atoms with Crippen molar-refractivity contribution in [2.75, 3.05) is 25.6 Å². The number of benzene rings is 1. The van der Waals surface area contributed by atoms with E-state index in [1.165, 1.54) is 7.11 Å². The predicted molar refractivity (Wildman–Crippen MR) is 75.9 cm³/mol. The lowest BCUT2D eigenvalue weighted by Crippen LogP contribution is -2.32. The molecule has 6 heteroatoms. The highest BCUT2D eigenvalue weighted by Gasteiger charge is 2.10. The number of carbonyl (C=O) groups is 1. The van der Waals surface area contributed by atoms with Crippen molar-refractivity contribution in [1.29, 1.82) is 0 Å². The molecule has 5 nitrogen and oxygen atoms in total. The summed E-state index contributed by atoms with van der Waals surface area (Å²) in [5.74, 6) is 0.653. The van der Waals surface area contributed by atoms with Gasteiger partial charge in [-0.1, -0.05) is 24.6 Å². The number of aliphatic hydroxyl groups excluding tert-OH is 1. The standard InChI is InChI=1S/C13H19ClN2O3/c1-9(6-7-17)8-15-13(18)16-11-5-3-4-10(14)12(11)19-2/h3-5,9,17H,6-8H2,1-2H3,(H2,15,16,18). The topological polar surface area (TPSA) is 70.6 Å². The highest BCUT2D eigenvalue weighted by molar-refractivity contribution is 6.32. The van der Waals surface area contributed by atoms with Crippen LogP contribution >= 0.6 is 11.6 Å². The van der Waals surface area contributed by atoms with Gasteiger partial charge in [-0.05, 0) is 24.5 Å². The molecule has 19 heavy (non-hydrogen) atoms. The Morgan fingerprint density at radius 3 is 2.89 bits per heavy atom. The number of methoxy groups -OCH3 is 1. The van der Waals surface area contributed by atoms with E-state index in [0.29, 0.717) is 29.4 Å². The van der Waals surface area contributed by atoms with Crippen molar-refractivity contribution in [1.82, 2.24) is 5.32 Å². The molecule has 1 atom stereocenters. The van der Waals surface area contributed by atoms with E-state index < -0.39 is 0 Å². The molecule has 0 radical (unpaired) electrons. The minimum atomic E-state index is -0.328. The molecule has 1 aromatic rings. The normalized spacial score (nSPS) is 11.8. The van der Waals surface area contributed by atoms with Gasteiger partial charge in [0.05, 0.1) is 17.8 Å². The number of carbonyl (C=O) groups excluding carboxylic acids is 1. The fourth-order valence-electron chi connectivity index (χ4n) is 1.57. The van der Waals surface area contributed by atoms with E-state index in [2.05, 4.69) is 10.6 Å². The minimum Gasteiger partial charge on any atom is -0.493 e. The van der Waals surface area contributed by atoms with Gasteiger partial charge in [0.2, 0.25) is 0 Å². The van der Waals surface area contributed by atoms with Gasteiger partial charge in [0.15, 0.2) is 5.75 Å². The maximum atomic E-state index is 11.7. The maximum Gasteiger partial charge on any atom is 0.319 e. The van der Waals surface area contributed by atoms with Gasteiger partial charge in [-0.2, -0.15) is 0 Å². The van der Waals surface area contributed by atoms with Gasteiger partial charge < -0.3 is 20.5 Å². The van der Waals surface area contributed by atoms with Crippen LogP contribution in [0, 0.1) is 5.92 Å². The van der Waals surface area contributed by atoms with Crippen molar-refractivity contribution in [2.24, 2.45) is 5.92 Å². The molecule has 0 aliphatic rings. The number of halogens is 1. The predicted octanol–water partition coefficient (Wildman–Crippen LogP) is 2.49. The first-order valence-electron chi connectivity index (χ1n) is 6.06. The van der Waals surface area contributed by atoms with Crippen molar-refractivity contribution in [2.45, 2.75) is 13.3 Å². The summed E-state index contributed by atoms with van der Waals surface area (Å²) < 4.78 is 5.13. The van der Waals surface area contributed by atoms with Crippen molar-refractivity contribution in [3.8, 4) is 5.75 Å². The summed E-state index contributed by atoms with van der Waals surface area (Å²) in [6.45, 7) is 2.57. The van der Waals surface area contributed by atoms with E-state index in [1.54, 1.807) is 18.2 Å². The first-order valence-corrected chi connectivity index (χ1v) is 6.44. The molecule has 0 heterocycles. The number of urea groups is 1. The monoisotopic (exact) mass is 286 g/mol. The van der Waals surface area contributed by atoms with E-state index in [4.69, 9.17) is 21.4 Å². The zero-order valence-electron chi connectivity index (χ0n) is 11.1.